The summed E-state index contributed by atoms with van der Waals surface area (Å²) in [4.78, 5) is 27.1. The first kappa shape index (κ1) is 17.7. The Morgan fingerprint density at radius 3 is 2.52 bits per heavy atom. The van der Waals surface area contributed by atoms with Crippen LogP contribution in [0.3, 0.4) is 0 Å². The quantitative estimate of drug-likeness (QED) is 0.852. The third kappa shape index (κ3) is 4.09. The highest BCUT2D eigenvalue weighted by atomic mass is 16.6. The van der Waals surface area contributed by atoms with Crippen LogP contribution < -0.4 is 10.6 Å². The highest BCUT2D eigenvalue weighted by Crippen LogP contribution is 2.30. The van der Waals surface area contributed by atoms with Gasteiger partial charge in [-0.3, -0.25) is 9.69 Å². The first-order chi connectivity index (χ1) is 11.7. The van der Waals surface area contributed by atoms with Gasteiger partial charge in [0.2, 0.25) is 11.8 Å². The number of rotatable bonds is 2. The normalized spacial score (nSPS) is 22.6. The maximum Gasteiger partial charge on any atom is 0.410 e. The van der Waals surface area contributed by atoms with Gasteiger partial charge in [0.25, 0.3) is 0 Å². The molecular weight excluding hydrogens is 326 g/mol. The Bertz CT molecular complexity index is 645. The molecule has 2 fully saturated rings. The Kier molecular flexibility index (Phi) is 4.68. The van der Waals surface area contributed by atoms with Crippen molar-refractivity contribution in [1.82, 2.24) is 15.1 Å². The van der Waals surface area contributed by atoms with Gasteiger partial charge in [-0.15, -0.1) is 5.10 Å². The van der Waals surface area contributed by atoms with Crippen LogP contribution in [-0.2, 0) is 9.53 Å². The molecule has 3 rings (SSSR count). The molecular formula is C16H25N5O4. The number of ether oxygens (including phenoxy) is 1. The van der Waals surface area contributed by atoms with Crippen LogP contribution in [0.4, 0.5) is 10.8 Å². The van der Waals surface area contributed by atoms with E-state index in [1.807, 2.05) is 20.8 Å². The van der Waals surface area contributed by atoms with Crippen molar-refractivity contribution in [1.29, 1.82) is 0 Å². The van der Waals surface area contributed by atoms with Crippen molar-refractivity contribution in [2.45, 2.75) is 57.6 Å². The van der Waals surface area contributed by atoms with Crippen LogP contribution in [-0.4, -0.2) is 58.4 Å². The number of hydrogen-bond donors (Lipinski definition) is 1. The highest BCUT2D eigenvalue weighted by Gasteiger charge is 2.34. The van der Waals surface area contributed by atoms with E-state index in [9.17, 15) is 9.59 Å². The molecule has 1 atom stereocenters. The molecule has 0 spiro atoms. The van der Waals surface area contributed by atoms with Gasteiger partial charge in [-0.05, 0) is 33.6 Å². The van der Waals surface area contributed by atoms with Crippen LogP contribution in [0, 0.1) is 0 Å². The largest absolute Gasteiger partial charge is 0.444 e. The average Bonchev–Trinajstić information content (AvgIpc) is 3.12. The molecule has 2 amide bonds. The van der Waals surface area contributed by atoms with Gasteiger partial charge in [0.05, 0.1) is 0 Å². The molecule has 0 radical (unpaired) electrons. The lowest BCUT2D eigenvalue weighted by Crippen LogP contribution is -2.41. The molecule has 2 N–H and O–H groups in total. The minimum absolute atomic E-state index is 0.0753. The molecule has 2 aliphatic heterocycles. The Labute approximate surface area is 146 Å². The van der Waals surface area contributed by atoms with Crippen molar-refractivity contribution in [3.63, 3.8) is 0 Å². The van der Waals surface area contributed by atoms with Crippen LogP contribution >= 0.6 is 0 Å². The second-order valence-corrected chi connectivity index (χ2v) is 7.63. The van der Waals surface area contributed by atoms with Gasteiger partial charge < -0.3 is 19.8 Å². The summed E-state index contributed by atoms with van der Waals surface area (Å²) in [6.07, 6.45) is 1.43. The van der Waals surface area contributed by atoms with Crippen LogP contribution in [0.1, 0.15) is 51.8 Å². The number of anilines is 1. The molecule has 1 aromatic rings. The molecule has 2 aliphatic rings. The van der Waals surface area contributed by atoms with Gasteiger partial charge in [-0.1, -0.05) is 5.10 Å². The molecule has 0 saturated carbocycles. The summed E-state index contributed by atoms with van der Waals surface area (Å²) >= 11 is 0. The third-order valence-electron chi connectivity index (χ3n) is 4.31. The molecule has 9 heteroatoms. The molecule has 1 unspecified atom stereocenters. The summed E-state index contributed by atoms with van der Waals surface area (Å²) in [7, 11) is 0. The number of carbonyl (C=O) groups excluding carboxylic acids is 2. The molecule has 0 aromatic carbocycles. The molecule has 2 saturated heterocycles. The van der Waals surface area contributed by atoms with Crippen LogP contribution in [0.15, 0.2) is 4.42 Å². The van der Waals surface area contributed by atoms with Crippen LogP contribution in [0.5, 0.6) is 0 Å². The van der Waals surface area contributed by atoms with Crippen molar-refractivity contribution >= 4 is 18.0 Å². The summed E-state index contributed by atoms with van der Waals surface area (Å²) in [5.41, 5.74) is 5.29. The number of likely N-dealkylation sites (tertiary alicyclic amines) is 1. The molecule has 0 aliphatic carbocycles. The average molecular weight is 351 g/mol. The molecule has 0 bridgehead atoms. The number of amides is 2. The molecule has 25 heavy (non-hydrogen) atoms. The lowest BCUT2D eigenvalue weighted by Gasteiger charge is -2.32. The fourth-order valence-electron chi connectivity index (χ4n) is 3.06. The Morgan fingerprint density at radius 1 is 1.28 bits per heavy atom. The van der Waals surface area contributed by atoms with E-state index in [-0.39, 0.29) is 30.0 Å². The van der Waals surface area contributed by atoms with Crippen molar-refractivity contribution in [3.8, 4) is 0 Å². The minimum Gasteiger partial charge on any atom is -0.444 e. The third-order valence-corrected chi connectivity index (χ3v) is 4.31. The molecule has 9 nitrogen and oxygen atoms in total. The standard InChI is InChI=1S/C16H25N5O4/c1-16(2,3)25-15(23)20-6-4-10(5-7-20)13-18-19-14(24-13)21-9-11(17)8-12(21)22/h10-11H,4-9,17H2,1-3H3. The minimum atomic E-state index is -0.502. The van der Waals surface area contributed by atoms with E-state index in [2.05, 4.69) is 10.2 Å². The Hall–Kier alpha value is -2.16. The van der Waals surface area contributed by atoms with E-state index in [1.165, 1.54) is 4.90 Å². The van der Waals surface area contributed by atoms with Gasteiger partial charge in [-0.25, -0.2) is 4.79 Å². The first-order valence-electron chi connectivity index (χ1n) is 8.60. The fourth-order valence-corrected chi connectivity index (χ4v) is 3.06. The number of nitrogens with zero attached hydrogens (tertiary/aromatic N) is 4. The van der Waals surface area contributed by atoms with E-state index in [0.717, 1.165) is 0 Å². The number of aromatic nitrogens is 2. The maximum absolute atomic E-state index is 12.1. The van der Waals surface area contributed by atoms with E-state index < -0.39 is 5.60 Å². The highest BCUT2D eigenvalue weighted by molar-refractivity contribution is 5.94. The van der Waals surface area contributed by atoms with Gasteiger partial charge >= 0.3 is 12.1 Å². The first-order valence-corrected chi connectivity index (χ1v) is 8.60. The van der Waals surface area contributed by atoms with Crippen molar-refractivity contribution in [3.05, 3.63) is 5.89 Å². The number of nitrogens with two attached hydrogens (primary N) is 1. The summed E-state index contributed by atoms with van der Waals surface area (Å²) in [5, 5.41) is 8.08. The lowest BCUT2D eigenvalue weighted by atomic mass is 9.97. The summed E-state index contributed by atoms with van der Waals surface area (Å²) in [6, 6.07) is 0.0161. The van der Waals surface area contributed by atoms with Gasteiger partial charge in [0.1, 0.15) is 5.60 Å². The predicted molar refractivity (Wildman–Crippen MR) is 89.0 cm³/mol. The van der Waals surface area contributed by atoms with E-state index in [1.54, 1.807) is 4.90 Å². The van der Waals surface area contributed by atoms with Crippen LogP contribution in [0.2, 0.25) is 0 Å². The lowest BCUT2D eigenvalue weighted by molar-refractivity contribution is -0.117. The summed E-state index contributed by atoms with van der Waals surface area (Å²) in [6.45, 7) is 7.10. The van der Waals surface area contributed by atoms with E-state index >= 15 is 0 Å². The van der Waals surface area contributed by atoms with Crippen LogP contribution in [0.25, 0.3) is 0 Å². The van der Waals surface area contributed by atoms with Crippen molar-refractivity contribution < 1.29 is 18.7 Å². The second kappa shape index (κ2) is 6.62. The fraction of sp³-hybridized carbons (Fsp3) is 0.750. The zero-order valence-corrected chi connectivity index (χ0v) is 14.9. The topological polar surface area (TPSA) is 115 Å². The van der Waals surface area contributed by atoms with E-state index in [4.69, 9.17) is 14.9 Å². The number of piperidine rings is 1. The van der Waals surface area contributed by atoms with E-state index in [0.29, 0.717) is 44.8 Å². The van der Waals surface area contributed by atoms with Crippen molar-refractivity contribution in [2.75, 3.05) is 24.5 Å². The Balaban J connectivity index is 1.57. The van der Waals surface area contributed by atoms with Crippen molar-refractivity contribution in [2.24, 2.45) is 5.73 Å². The second-order valence-electron chi connectivity index (χ2n) is 7.63. The summed E-state index contributed by atoms with van der Waals surface area (Å²) < 4.78 is 11.1. The number of hydrogen-bond acceptors (Lipinski definition) is 7. The zero-order chi connectivity index (χ0) is 18.2. The zero-order valence-electron chi connectivity index (χ0n) is 14.9. The van der Waals surface area contributed by atoms with Gasteiger partial charge in [0, 0.05) is 38.0 Å². The van der Waals surface area contributed by atoms with Gasteiger partial charge in [-0.2, -0.15) is 0 Å². The van der Waals surface area contributed by atoms with Gasteiger partial charge in [0.15, 0.2) is 0 Å². The SMILES string of the molecule is CC(C)(C)OC(=O)N1CCC(c2nnc(N3CC(N)CC3=O)o2)CC1. The molecule has 3 heterocycles. The Morgan fingerprint density at radius 2 is 1.96 bits per heavy atom. The monoisotopic (exact) mass is 351 g/mol. The molecule has 1 aromatic heterocycles. The maximum atomic E-state index is 12.1. The smallest absolute Gasteiger partial charge is 0.410 e. The number of carbonyl (C=O) groups is 2. The molecule has 138 valence electrons. The summed E-state index contributed by atoms with van der Waals surface area (Å²) in [5.74, 6) is 0.487. The predicted octanol–water partition coefficient (Wildman–Crippen LogP) is 1.25.